The summed E-state index contributed by atoms with van der Waals surface area (Å²) in [6.45, 7) is 10.5. The molecule has 0 bridgehead atoms. The molecule has 0 atom stereocenters. The fraction of sp³-hybridized carbons (Fsp3) is 0.400. The third-order valence-electron chi connectivity index (χ3n) is 5.02. The second-order valence-corrected chi connectivity index (χ2v) is 6.91. The van der Waals surface area contributed by atoms with Crippen molar-refractivity contribution in [3.63, 3.8) is 0 Å². The Morgan fingerprint density at radius 1 is 1.12 bits per heavy atom. The minimum absolute atomic E-state index is 0.0879. The third kappa shape index (κ3) is 3.06. The van der Waals surface area contributed by atoms with Crippen LogP contribution in [0.15, 0.2) is 16.7 Å². The first-order valence-corrected chi connectivity index (χ1v) is 8.52. The number of rotatable bonds is 4. The summed E-state index contributed by atoms with van der Waals surface area (Å²) in [5.74, 6) is 0.858. The zero-order chi connectivity index (χ0) is 18.3. The number of hydrogen-bond donors (Lipinski definition) is 1. The Kier molecular flexibility index (Phi) is 4.41. The Hall–Kier alpha value is -2.56. The number of hydrogen-bond acceptors (Lipinski definition) is 3. The summed E-state index contributed by atoms with van der Waals surface area (Å²) in [4.78, 5) is 18.0. The van der Waals surface area contributed by atoms with E-state index in [1.807, 2.05) is 27.8 Å². The maximum Gasteiger partial charge on any atom is 0.227 e. The van der Waals surface area contributed by atoms with Gasteiger partial charge in [-0.05, 0) is 51.3 Å². The Morgan fingerprint density at radius 3 is 2.44 bits per heavy atom. The predicted octanol–water partition coefficient (Wildman–Crippen LogP) is 3.90. The van der Waals surface area contributed by atoms with E-state index in [9.17, 15) is 4.79 Å². The number of benzene rings is 1. The molecule has 2 aromatic heterocycles. The normalized spacial score (nSPS) is 11.3. The average Bonchev–Trinajstić information content (AvgIpc) is 3.06. The molecular weight excluding hydrogens is 314 g/mol. The van der Waals surface area contributed by atoms with Gasteiger partial charge in [-0.15, -0.1) is 0 Å². The molecule has 5 heteroatoms. The van der Waals surface area contributed by atoms with Crippen molar-refractivity contribution >= 4 is 16.8 Å². The lowest BCUT2D eigenvalue weighted by molar-refractivity contribution is -0.129. The molecule has 0 saturated heterocycles. The maximum atomic E-state index is 12.8. The third-order valence-corrected chi connectivity index (χ3v) is 5.02. The number of nitrogens with one attached hydrogen (secondary N) is 1. The van der Waals surface area contributed by atoms with Crippen LogP contribution in [0.2, 0.25) is 0 Å². The lowest BCUT2D eigenvalue weighted by Gasteiger charge is -2.17. The smallest absolute Gasteiger partial charge is 0.227 e. The summed E-state index contributed by atoms with van der Waals surface area (Å²) in [6.07, 6.45) is 0.385. The molecule has 0 radical (unpaired) electrons. The van der Waals surface area contributed by atoms with Crippen LogP contribution in [0.5, 0.6) is 0 Å². The van der Waals surface area contributed by atoms with E-state index >= 15 is 0 Å². The molecule has 0 fully saturated rings. The van der Waals surface area contributed by atoms with Gasteiger partial charge in [0.2, 0.25) is 5.91 Å². The highest BCUT2D eigenvalue weighted by molar-refractivity contribution is 5.93. The molecule has 2 heterocycles. The molecule has 0 aliphatic carbocycles. The predicted molar refractivity (Wildman–Crippen MR) is 98.7 cm³/mol. The van der Waals surface area contributed by atoms with Crippen LogP contribution in [0.1, 0.15) is 39.4 Å². The highest BCUT2D eigenvalue weighted by Crippen LogP contribution is 2.28. The van der Waals surface area contributed by atoms with E-state index in [4.69, 9.17) is 4.52 Å². The lowest BCUT2D eigenvalue weighted by Crippen LogP contribution is -2.28. The van der Waals surface area contributed by atoms with E-state index in [0.717, 1.165) is 33.8 Å². The molecule has 0 aliphatic rings. The monoisotopic (exact) mass is 339 g/mol. The van der Waals surface area contributed by atoms with Crippen LogP contribution in [0.3, 0.4) is 0 Å². The summed E-state index contributed by atoms with van der Waals surface area (Å²) < 4.78 is 5.19. The van der Waals surface area contributed by atoms with E-state index in [1.54, 1.807) is 4.90 Å². The number of carbonyl (C=O) groups excluding carboxylic acids is 1. The van der Waals surface area contributed by atoms with E-state index in [0.29, 0.717) is 13.0 Å². The zero-order valence-electron chi connectivity index (χ0n) is 15.8. The molecule has 3 rings (SSSR count). The number of aryl methyl sites for hydroxylation is 5. The Morgan fingerprint density at radius 2 is 1.80 bits per heavy atom. The Bertz CT molecular complexity index is 930. The maximum absolute atomic E-state index is 12.8. The first kappa shape index (κ1) is 17.3. The van der Waals surface area contributed by atoms with Gasteiger partial charge in [-0.25, -0.2) is 0 Å². The van der Waals surface area contributed by atoms with E-state index in [-0.39, 0.29) is 5.91 Å². The van der Waals surface area contributed by atoms with Crippen molar-refractivity contribution in [2.75, 3.05) is 7.05 Å². The van der Waals surface area contributed by atoms with Crippen molar-refractivity contribution in [2.45, 2.75) is 47.6 Å². The minimum atomic E-state index is 0.0879. The van der Waals surface area contributed by atoms with Crippen molar-refractivity contribution < 1.29 is 9.32 Å². The fourth-order valence-corrected chi connectivity index (χ4v) is 3.37. The summed E-state index contributed by atoms with van der Waals surface area (Å²) >= 11 is 0. The molecule has 1 aromatic carbocycles. The number of likely N-dealkylation sites (N-methyl/N-ethyl adjacent to an activating group) is 1. The summed E-state index contributed by atoms with van der Waals surface area (Å²) in [5, 5.41) is 5.14. The molecule has 3 aromatic rings. The van der Waals surface area contributed by atoms with Gasteiger partial charge >= 0.3 is 0 Å². The van der Waals surface area contributed by atoms with Gasteiger partial charge < -0.3 is 14.4 Å². The van der Waals surface area contributed by atoms with Crippen LogP contribution in [0, 0.1) is 34.6 Å². The van der Waals surface area contributed by atoms with Crippen molar-refractivity contribution in [3.8, 4) is 0 Å². The standard InChI is InChI=1S/C20H25N3O2/c1-11-7-8-12(2)20-19(11)16(13(3)21-20)9-18(24)23(6)10-17-14(4)22-25-15(17)5/h7-8,21H,9-10H2,1-6H3. The topological polar surface area (TPSA) is 62.1 Å². The van der Waals surface area contributed by atoms with Gasteiger partial charge in [0.1, 0.15) is 5.76 Å². The van der Waals surface area contributed by atoms with Gasteiger partial charge in [0.25, 0.3) is 0 Å². The number of aromatic amines is 1. The van der Waals surface area contributed by atoms with Crippen LogP contribution in [-0.4, -0.2) is 28.0 Å². The summed E-state index contributed by atoms with van der Waals surface area (Å²) in [7, 11) is 1.83. The van der Waals surface area contributed by atoms with Gasteiger partial charge in [0, 0.05) is 29.2 Å². The van der Waals surface area contributed by atoms with Crippen LogP contribution >= 0.6 is 0 Å². The molecule has 1 amide bonds. The molecule has 0 saturated carbocycles. The second-order valence-electron chi connectivity index (χ2n) is 6.91. The van der Waals surface area contributed by atoms with Gasteiger partial charge in [0.15, 0.2) is 0 Å². The quantitative estimate of drug-likeness (QED) is 0.784. The van der Waals surface area contributed by atoms with Gasteiger partial charge in [-0.3, -0.25) is 4.79 Å². The Balaban J connectivity index is 1.87. The first-order chi connectivity index (χ1) is 11.8. The average molecular weight is 339 g/mol. The molecule has 5 nitrogen and oxygen atoms in total. The van der Waals surface area contributed by atoms with Gasteiger partial charge in [-0.2, -0.15) is 0 Å². The van der Waals surface area contributed by atoms with Gasteiger partial charge in [-0.1, -0.05) is 17.3 Å². The largest absolute Gasteiger partial charge is 0.361 e. The zero-order valence-corrected chi connectivity index (χ0v) is 15.8. The molecule has 0 spiro atoms. The lowest BCUT2D eigenvalue weighted by atomic mass is 10.0. The van der Waals surface area contributed by atoms with Crippen LogP contribution in [-0.2, 0) is 17.8 Å². The van der Waals surface area contributed by atoms with Crippen LogP contribution in [0.4, 0.5) is 0 Å². The van der Waals surface area contributed by atoms with Crippen LogP contribution in [0.25, 0.3) is 10.9 Å². The van der Waals surface area contributed by atoms with Crippen molar-refractivity contribution in [2.24, 2.45) is 0 Å². The van der Waals surface area contributed by atoms with E-state index < -0.39 is 0 Å². The van der Waals surface area contributed by atoms with Crippen LogP contribution < -0.4 is 0 Å². The number of aromatic nitrogens is 2. The number of amides is 1. The molecule has 1 N–H and O–H groups in total. The van der Waals surface area contributed by atoms with Crippen molar-refractivity contribution in [3.05, 3.63) is 51.5 Å². The number of carbonyl (C=O) groups is 1. The Labute approximate surface area is 148 Å². The number of fused-ring (bicyclic) bond motifs is 1. The highest BCUT2D eigenvalue weighted by Gasteiger charge is 2.19. The van der Waals surface area contributed by atoms with E-state index in [2.05, 4.69) is 36.1 Å². The SMILES string of the molecule is Cc1noc(C)c1CN(C)C(=O)Cc1c(C)[nH]c2c(C)ccc(C)c12. The number of H-pyrrole nitrogens is 1. The molecule has 0 unspecified atom stereocenters. The van der Waals surface area contributed by atoms with E-state index in [1.165, 1.54) is 16.5 Å². The fourth-order valence-electron chi connectivity index (χ4n) is 3.37. The highest BCUT2D eigenvalue weighted by atomic mass is 16.5. The summed E-state index contributed by atoms with van der Waals surface area (Å²) in [6, 6.07) is 4.23. The molecule has 132 valence electrons. The van der Waals surface area contributed by atoms with Crippen molar-refractivity contribution in [1.82, 2.24) is 15.0 Å². The molecule has 25 heavy (non-hydrogen) atoms. The van der Waals surface area contributed by atoms with Crippen molar-refractivity contribution in [1.29, 1.82) is 0 Å². The first-order valence-electron chi connectivity index (χ1n) is 8.52. The second kappa shape index (κ2) is 6.39. The van der Waals surface area contributed by atoms with Gasteiger partial charge in [0.05, 0.1) is 18.7 Å². The summed E-state index contributed by atoms with van der Waals surface area (Å²) in [5.41, 5.74) is 7.50. The minimum Gasteiger partial charge on any atom is -0.361 e. The molecule has 0 aliphatic heterocycles. The molecular formula is C20H25N3O2. The number of nitrogens with zero attached hydrogens (tertiary/aromatic N) is 2.